The van der Waals surface area contributed by atoms with Crippen molar-refractivity contribution in [2.75, 3.05) is 26.4 Å². The van der Waals surface area contributed by atoms with Gasteiger partial charge in [0.15, 0.2) is 0 Å². The van der Waals surface area contributed by atoms with Gasteiger partial charge in [-0.3, -0.25) is 4.90 Å². The first-order chi connectivity index (χ1) is 9.47. The third kappa shape index (κ3) is 4.30. The molecular formula is C15H24N2O2S. The van der Waals surface area contributed by atoms with E-state index in [1.54, 1.807) is 0 Å². The zero-order chi connectivity index (χ0) is 14.6. The second-order valence-electron chi connectivity index (χ2n) is 5.61. The maximum absolute atomic E-state index is 11.0. The van der Waals surface area contributed by atoms with Crippen molar-refractivity contribution in [3.63, 3.8) is 0 Å². The molecule has 1 N–H and O–H groups in total. The van der Waals surface area contributed by atoms with E-state index >= 15 is 0 Å². The van der Waals surface area contributed by atoms with E-state index in [4.69, 9.17) is 0 Å². The first-order valence-electron chi connectivity index (χ1n) is 7.20. The molecule has 1 aromatic rings. The lowest BCUT2D eigenvalue weighted by Crippen LogP contribution is -2.31. The van der Waals surface area contributed by atoms with Crippen LogP contribution in [0.4, 0.5) is 0 Å². The molecule has 0 amide bonds. The lowest BCUT2D eigenvalue weighted by molar-refractivity contribution is 0.219. The summed E-state index contributed by atoms with van der Waals surface area (Å²) in [6.07, 6.45) is 5.63. The summed E-state index contributed by atoms with van der Waals surface area (Å²) in [7, 11) is -0.932. The van der Waals surface area contributed by atoms with Crippen molar-refractivity contribution in [1.29, 1.82) is 0 Å². The number of hydrogen-bond acceptors (Lipinski definition) is 3. The fraction of sp³-hybridized carbons (Fsp3) is 0.600. The monoisotopic (exact) mass is 296 g/mol. The maximum atomic E-state index is 11.0. The van der Waals surface area contributed by atoms with Crippen molar-refractivity contribution in [2.45, 2.75) is 31.7 Å². The van der Waals surface area contributed by atoms with E-state index in [-0.39, 0.29) is 0 Å². The molecule has 4 nitrogen and oxygen atoms in total. The SMILES string of the molecule is CN(CCCNS(C)(=O)=O)[C@@H]1CCCc2ccccc21. The molecule has 0 saturated heterocycles. The Morgan fingerprint density at radius 3 is 2.85 bits per heavy atom. The molecule has 1 aliphatic rings. The molecule has 1 aliphatic carbocycles. The summed E-state index contributed by atoms with van der Waals surface area (Å²) >= 11 is 0. The number of aryl methyl sites for hydroxylation is 1. The molecule has 0 heterocycles. The van der Waals surface area contributed by atoms with Gasteiger partial charge in [0.25, 0.3) is 0 Å². The van der Waals surface area contributed by atoms with Gasteiger partial charge in [0, 0.05) is 12.6 Å². The van der Waals surface area contributed by atoms with Crippen LogP contribution in [0.25, 0.3) is 0 Å². The Bertz CT molecular complexity index is 543. The van der Waals surface area contributed by atoms with Crippen molar-refractivity contribution in [3.8, 4) is 0 Å². The van der Waals surface area contributed by atoms with Crippen LogP contribution in [-0.2, 0) is 16.4 Å². The highest BCUT2D eigenvalue weighted by Gasteiger charge is 2.22. The largest absolute Gasteiger partial charge is 0.299 e. The quantitative estimate of drug-likeness (QED) is 0.816. The average molecular weight is 296 g/mol. The van der Waals surface area contributed by atoms with Gasteiger partial charge in [-0.2, -0.15) is 0 Å². The number of benzene rings is 1. The molecule has 5 heteroatoms. The van der Waals surface area contributed by atoms with Crippen molar-refractivity contribution < 1.29 is 8.42 Å². The molecule has 0 aromatic heterocycles. The highest BCUT2D eigenvalue weighted by Crippen LogP contribution is 2.33. The van der Waals surface area contributed by atoms with Gasteiger partial charge in [-0.05, 0) is 50.4 Å². The van der Waals surface area contributed by atoms with Crippen LogP contribution in [0.5, 0.6) is 0 Å². The Balaban J connectivity index is 1.89. The molecule has 1 aromatic carbocycles. The van der Waals surface area contributed by atoms with Crippen molar-refractivity contribution >= 4 is 10.0 Å². The van der Waals surface area contributed by atoms with E-state index in [1.807, 2.05) is 0 Å². The minimum Gasteiger partial charge on any atom is -0.299 e. The molecule has 2 rings (SSSR count). The molecule has 0 bridgehead atoms. The van der Waals surface area contributed by atoms with Crippen molar-refractivity contribution in [2.24, 2.45) is 0 Å². The normalized spacial score (nSPS) is 19.1. The summed E-state index contributed by atoms with van der Waals surface area (Å²) < 4.78 is 24.6. The number of sulfonamides is 1. The van der Waals surface area contributed by atoms with Crippen LogP contribution in [0.15, 0.2) is 24.3 Å². The lowest BCUT2D eigenvalue weighted by Gasteiger charge is -2.33. The molecular weight excluding hydrogens is 272 g/mol. The lowest BCUT2D eigenvalue weighted by atomic mass is 9.87. The third-order valence-electron chi connectivity index (χ3n) is 3.92. The first kappa shape index (κ1) is 15.5. The Morgan fingerprint density at radius 1 is 1.35 bits per heavy atom. The Kier molecular flexibility index (Phi) is 5.18. The minimum absolute atomic E-state index is 0.471. The van der Waals surface area contributed by atoms with E-state index < -0.39 is 10.0 Å². The van der Waals surface area contributed by atoms with Gasteiger partial charge in [-0.25, -0.2) is 13.1 Å². The second-order valence-corrected chi connectivity index (χ2v) is 7.44. The second kappa shape index (κ2) is 6.70. The minimum atomic E-state index is -3.06. The van der Waals surface area contributed by atoms with E-state index in [0.29, 0.717) is 12.6 Å². The van der Waals surface area contributed by atoms with Gasteiger partial charge in [0.05, 0.1) is 6.26 Å². The predicted octanol–water partition coefficient (Wildman–Crippen LogP) is 1.94. The number of fused-ring (bicyclic) bond motifs is 1. The summed E-state index contributed by atoms with van der Waals surface area (Å²) in [5, 5.41) is 0. The van der Waals surface area contributed by atoms with Crippen LogP contribution >= 0.6 is 0 Å². The van der Waals surface area contributed by atoms with Crippen molar-refractivity contribution in [3.05, 3.63) is 35.4 Å². The van der Waals surface area contributed by atoms with E-state index in [1.165, 1.54) is 36.6 Å². The zero-order valence-electron chi connectivity index (χ0n) is 12.3. The molecule has 1 atom stereocenters. The number of nitrogens with zero attached hydrogens (tertiary/aromatic N) is 1. The molecule has 20 heavy (non-hydrogen) atoms. The third-order valence-corrected chi connectivity index (χ3v) is 4.65. The van der Waals surface area contributed by atoms with E-state index in [9.17, 15) is 8.42 Å². The number of rotatable bonds is 6. The average Bonchev–Trinajstić information content (AvgIpc) is 2.41. The summed E-state index contributed by atoms with van der Waals surface area (Å²) in [4.78, 5) is 2.35. The smallest absolute Gasteiger partial charge is 0.208 e. The Labute approximate surface area is 122 Å². The van der Waals surface area contributed by atoms with Gasteiger partial charge in [-0.1, -0.05) is 24.3 Å². The molecule has 112 valence electrons. The van der Waals surface area contributed by atoms with Crippen LogP contribution in [0.3, 0.4) is 0 Å². The van der Waals surface area contributed by atoms with Crippen LogP contribution in [0.1, 0.15) is 36.4 Å². The molecule has 0 fully saturated rings. The van der Waals surface area contributed by atoms with Gasteiger partial charge in [0.2, 0.25) is 10.0 Å². The Morgan fingerprint density at radius 2 is 2.10 bits per heavy atom. The van der Waals surface area contributed by atoms with Crippen LogP contribution < -0.4 is 4.72 Å². The highest BCUT2D eigenvalue weighted by atomic mass is 32.2. The van der Waals surface area contributed by atoms with Crippen LogP contribution in [0.2, 0.25) is 0 Å². The van der Waals surface area contributed by atoms with Crippen molar-refractivity contribution in [1.82, 2.24) is 9.62 Å². The highest BCUT2D eigenvalue weighted by molar-refractivity contribution is 7.88. The molecule has 0 radical (unpaired) electrons. The van der Waals surface area contributed by atoms with Gasteiger partial charge < -0.3 is 0 Å². The standard InChI is InChI=1S/C15H24N2O2S/c1-17(12-6-11-16-20(2,18)19)15-10-5-8-13-7-3-4-9-14(13)15/h3-4,7,9,15-16H,5-6,8,10-12H2,1-2H3/t15-/m1/s1. The zero-order valence-corrected chi connectivity index (χ0v) is 13.1. The summed E-state index contributed by atoms with van der Waals surface area (Å²) in [6.45, 7) is 1.42. The molecule has 0 aliphatic heterocycles. The van der Waals surface area contributed by atoms with Gasteiger partial charge >= 0.3 is 0 Å². The molecule has 0 spiro atoms. The fourth-order valence-electron chi connectivity index (χ4n) is 2.93. The summed E-state index contributed by atoms with van der Waals surface area (Å²) in [5.74, 6) is 0. The number of nitrogens with one attached hydrogen (secondary N) is 1. The molecule has 0 saturated carbocycles. The van der Waals surface area contributed by atoms with Crippen LogP contribution in [-0.4, -0.2) is 39.7 Å². The van der Waals surface area contributed by atoms with E-state index in [0.717, 1.165) is 13.0 Å². The van der Waals surface area contributed by atoms with E-state index in [2.05, 4.69) is 40.9 Å². The summed E-state index contributed by atoms with van der Waals surface area (Å²) in [6, 6.07) is 9.14. The molecule has 0 unspecified atom stereocenters. The van der Waals surface area contributed by atoms with Crippen LogP contribution in [0, 0.1) is 0 Å². The first-order valence-corrected chi connectivity index (χ1v) is 9.09. The number of hydrogen-bond donors (Lipinski definition) is 1. The summed E-state index contributed by atoms with van der Waals surface area (Å²) in [5.41, 5.74) is 2.90. The predicted molar refractivity (Wildman–Crippen MR) is 82.2 cm³/mol. The van der Waals surface area contributed by atoms with Gasteiger partial charge in [-0.15, -0.1) is 0 Å². The topological polar surface area (TPSA) is 49.4 Å². The van der Waals surface area contributed by atoms with Gasteiger partial charge in [0.1, 0.15) is 0 Å². The fourth-order valence-corrected chi connectivity index (χ4v) is 3.44. The maximum Gasteiger partial charge on any atom is 0.208 e. The Hall–Kier alpha value is -0.910.